The van der Waals surface area contributed by atoms with Crippen molar-refractivity contribution >= 4 is 17.4 Å². The van der Waals surface area contributed by atoms with Gasteiger partial charge >= 0.3 is 0 Å². The van der Waals surface area contributed by atoms with E-state index in [1.807, 2.05) is 0 Å². The van der Waals surface area contributed by atoms with Crippen molar-refractivity contribution in [1.82, 2.24) is 4.90 Å². The largest absolute Gasteiger partial charge is 0.510 e. The van der Waals surface area contributed by atoms with E-state index in [1.165, 1.54) is 4.90 Å². The molecular formula is C27H26FN3O6. The Morgan fingerprint density at radius 1 is 1.14 bits per heavy atom. The summed E-state index contributed by atoms with van der Waals surface area (Å²) in [6.45, 7) is 0. The molecule has 5 atom stereocenters. The highest BCUT2D eigenvalue weighted by Crippen LogP contribution is 2.57. The zero-order valence-electron chi connectivity index (χ0n) is 20.1. The van der Waals surface area contributed by atoms with Crippen molar-refractivity contribution in [2.75, 3.05) is 14.1 Å². The highest BCUT2D eigenvalue weighted by Gasteiger charge is 2.62. The number of nitrogens with one attached hydrogen (secondary N) is 1. The second kappa shape index (κ2) is 8.25. The molecule has 3 aliphatic carbocycles. The summed E-state index contributed by atoms with van der Waals surface area (Å²) in [4.78, 5) is 27.4. The number of aliphatic hydroxyl groups is 3. The molecular weight excluding hydrogens is 481 g/mol. The van der Waals surface area contributed by atoms with Gasteiger partial charge in [0, 0.05) is 28.9 Å². The van der Waals surface area contributed by atoms with Crippen molar-refractivity contribution in [2.45, 2.75) is 24.0 Å². The van der Waals surface area contributed by atoms with Crippen molar-refractivity contribution in [3.05, 3.63) is 87.6 Å². The van der Waals surface area contributed by atoms with E-state index >= 15 is 4.39 Å². The Morgan fingerprint density at radius 3 is 2.38 bits per heavy atom. The van der Waals surface area contributed by atoms with Crippen LogP contribution >= 0.6 is 0 Å². The lowest BCUT2D eigenvalue weighted by Crippen LogP contribution is -2.63. The van der Waals surface area contributed by atoms with Gasteiger partial charge in [-0.05, 0) is 38.2 Å². The number of nitrogens with zero attached hydrogens (tertiary/aromatic N) is 1. The number of nitrogens with two attached hydrogens (primary N) is 1. The van der Waals surface area contributed by atoms with Gasteiger partial charge < -0.3 is 31.6 Å². The van der Waals surface area contributed by atoms with Crippen molar-refractivity contribution in [3.63, 3.8) is 0 Å². The minimum absolute atomic E-state index is 0.0342. The van der Waals surface area contributed by atoms with Crippen LogP contribution in [0.2, 0.25) is 0 Å². The van der Waals surface area contributed by atoms with Crippen molar-refractivity contribution in [3.8, 4) is 5.75 Å². The topological polar surface area (TPSA) is 168 Å². The highest BCUT2D eigenvalue weighted by molar-refractivity contribution is 6.26. The lowest BCUT2D eigenvalue weighted by molar-refractivity contribution is -0.114. The summed E-state index contributed by atoms with van der Waals surface area (Å²) in [5.74, 6) is -7.51. The first kappa shape index (κ1) is 24.7. The third-order valence-electron chi connectivity index (χ3n) is 7.90. The number of hydrogen-bond acceptors (Lipinski definition) is 8. The highest BCUT2D eigenvalue weighted by atomic mass is 19.1. The van der Waals surface area contributed by atoms with E-state index in [2.05, 4.69) is 0 Å². The van der Waals surface area contributed by atoms with Crippen LogP contribution in [0.3, 0.4) is 0 Å². The third-order valence-corrected chi connectivity index (χ3v) is 7.90. The summed E-state index contributed by atoms with van der Waals surface area (Å²) in [5.41, 5.74) is 1.34. The molecule has 0 spiro atoms. The lowest BCUT2D eigenvalue weighted by Gasteiger charge is -2.52. The van der Waals surface area contributed by atoms with E-state index in [9.17, 15) is 30.0 Å². The minimum atomic E-state index is -2.55. The summed E-state index contributed by atoms with van der Waals surface area (Å²) < 4.78 is 15.4. The molecule has 37 heavy (non-hydrogen) atoms. The fourth-order valence-corrected chi connectivity index (χ4v) is 6.39. The molecule has 0 aromatic heterocycles. The van der Waals surface area contributed by atoms with Crippen LogP contribution in [0.5, 0.6) is 5.75 Å². The normalized spacial score (nSPS) is 29.2. The SMILES string of the molecule is CN(C)[C@@H]1C(O)=C(C(N)=O)C(=N)[C@@]2(O)C(O)=C3C(=O)c4c(O)ccc(F)c4[C@H](c4ccccc4)[C@H]3C[C@@H]12. The van der Waals surface area contributed by atoms with Crippen LogP contribution in [0.15, 0.2) is 65.1 Å². The van der Waals surface area contributed by atoms with Crippen molar-refractivity contribution in [2.24, 2.45) is 17.6 Å². The summed E-state index contributed by atoms with van der Waals surface area (Å²) in [5, 5.41) is 53.6. The summed E-state index contributed by atoms with van der Waals surface area (Å²) in [7, 11) is 3.16. The molecule has 0 bridgehead atoms. The van der Waals surface area contributed by atoms with Crippen LogP contribution in [0.25, 0.3) is 0 Å². The van der Waals surface area contributed by atoms with Gasteiger partial charge in [-0.25, -0.2) is 4.39 Å². The minimum Gasteiger partial charge on any atom is -0.510 e. The maximum Gasteiger partial charge on any atom is 0.254 e. The number of Topliss-reactive ketones (excluding diaryl/α,β-unsaturated/α-hetero) is 1. The Labute approximate surface area is 211 Å². The van der Waals surface area contributed by atoms with E-state index in [0.29, 0.717) is 5.56 Å². The number of aliphatic hydroxyl groups excluding tert-OH is 2. The third kappa shape index (κ3) is 3.19. The number of allylic oxidation sites excluding steroid dienone is 1. The molecule has 2 aromatic rings. The standard InChI is InChI=1S/C27H26FN3O6/c1-31(2)21-13-10-12-16(11-6-4-3-5-7-11)18-14(28)8-9-15(32)19(18)22(33)17(12)25(35)27(13,37)24(29)20(23(21)34)26(30)36/h3-9,12-13,16,21,29,32,34-35,37H,10H2,1-2H3,(H2,30,36)/t12-,13+,16-,21+,27-/m1/s1. The van der Waals surface area contributed by atoms with Crippen molar-refractivity contribution < 1.29 is 34.4 Å². The first-order chi connectivity index (χ1) is 17.4. The zero-order chi connectivity index (χ0) is 27.0. The molecule has 0 saturated carbocycles. The van der Waals surface area contributed by atoms with Gasteiger partial charge in [-0.2, -0.15) is 0 Å². The van der Waals surface area contributed by atoms with Gasteiger partial charge in [-0.3, -0.25) is 14.5 Å². The molecule has 10 heteroatoms. The van der Waals surface area contributed by atoms with Crippen LogP contribution in [-0.2, 0) is 4.79 Å². The molecule has 0 fully saturated rings. The van der Waals surface area contributed by atoms with Crippen LogP contribution in [0.1, 0.15) is 33.8 Å². The van der Waals surface area contributed by atoms with Gasteiger partial charge in [0.05, 0.1) is 17.3 Å². The fourth-order valence-electron chi connectivity index (χ4n) is 6.39. The van der Waals surface area contributed by atoms with E-state index in [-0.39, 0.29) is 23.1 Å². The fraction of sp³-hybridized carbons (Fsp3) is 0.296. The van der Waals surface area contributed by atoms with Crippen LogP contribution in [-0.4, -0.2) is 68.5 Å². The quantitative estimate of drug-likeness (QED) is 0.370. The number of phenolic OH excluding ortho intramolecular Hbond substituents is 1. The number of carbonyl (C=O) groups excluding carboxylic acids is 2. The summed E-state index contributed by atoms with van der Waals surface area (Å²) in [6, 6.07) is 9.76. The van der Waals surface area contributed by atoms with E-state index < -0.39 is 75.5 Å². The van der Waals surface area contributed by atoms with Gasteiger partial charge in [0.2, 0.25) is 0 Å². The second-order valence-electron chi connectivity index (χ2n) is 9.96. The maximum absolute atomic E-state index is 15.4. The number of primary amides is 1. The van der Waals surface area contributed by atoms with Gasteiger partial charge in [-0.1, -0.05) is 30.3 Å². The molecule has 9 nitrogen and oxygen atoms in total. The van der Waals surface area contributed by atoms with Gasteiger partial charge in [0.25, 0.3) is 5.91 Å². The number of halogens is 1. The first-order valence-corrected chi connectivity index (χ1v) is 11.7. The summed E-state index contributed by atoms with van der Waals surface area (Å²) in [6.07, 6.45) is -0.0724. The number of likely N-dealkylation sites (N-methyl/N-ethyl adjacent to an activating group) is 1. The Hall–Kier alpha value is -4.02. The first-order valence-electron chi connectivity index (χ1n) is 11.7. The Kier molecular flexibility index (Phi) is 5.50. The molecule has 7 N–H and O–H groups in total. The number of rotatable bonds is 3. The molecule has 2 aromatic carbocycles. The van der Waals surface area contributed by atoms with E-state index in [0.717, 1.165) is 12.1 Å². The number of ketones is 1. The Bertz CT molecular complexity index is 1430. The number of aromatic hydroxyl groups is 1. The van der Waals surface area contributed by atoms with E-state index in [4.69, 9.17) is 11.1 Å². The smallest absolute Gasteiger partial charge is 0.254 e. The second-order valence-corrected chi connectivity index (χ2v) is 9.96. The van der Waals surface area contributed by atoms with Crippen LogP contribution < -0.4 is 5.73 Å². The predicted molar refractivity (Wildman–Crippen MR) is 131 cm³/mol. The molecule has 3 aliphatic rings. The average molecular weight is 508 g/mol. The molecule has 192 valence electrons. The van der Waals surface area contributed by atoms with Gasteiger partial charge in [-0.15, -0.1) is 0 Å². The van der Waals surface area contributed by atoms with E-state index in [1.54, 1.807) is 44.4 Å². The molecule has 1 amide bonds. The van der Waals surface area contributed by atoms with Crippen LogP contribution in [0, 0.1) is 23.1 Å². The number of benzene rings is 2. The molecule has 0 aliphatic heterocycles. The molecule has 5 rings (SSSR count). The molecule has 0 heterocycles. The predicted octanol–water partition coefficient (Wildman–Crippen LogP) is 2.30. The number of amides is 1. The molecule has 0 unspecified atom stereocenters. The number of hydrogen-bond donors (Lipinski definition) is 6. The number of fused-ring (bicyclic) bond motifs is 3. The zero-order valence-corrected chi connectivity index (χ0v) is 20.1. The summed E-state index contributed by atoms with van der Waals surface area (Å²) >= 11 is 0. The molecule has 0 radical (unpaired) electrons. The lowest BCUT2D eigenvalue weighted by atomic mass is 9.55. The van der Waals surface area contributed by atoms with Gasteiger partial charge in [0.15, 0.2) is 11.4 Å². The number of phenols is 1. The molecule has 0 saturated heterocycles. The van der Waals surface area contributed by atoms with Crippen molar-refractivity contribution in [1.29, 1.82) is 5.41 Å². The van der Waals surface area contributed by atoms with Crippen LogP contribution in [0.4, 0.5) is 4.39 Å². The van der Waals surface area contributed by atoms with Gasteiger partial charge in [0.1, 0.15) is 28.7 Å². The Balaban J connectivity index is 1.85. The Morgan fingerprint density at radius 2 is 1.78 bits per heavy atom. The average Bonchev–Trinajstić information content (AvgIpc) is 2.83. The monoisotopic (exact) mass is 507 g/mol. The maximum atomic E-state index is 15.4. The number of carbonyl (C=O) groups is 2.